The highest BCUT2D eigenvalue weighted by atomic mass is 32.2. The largest absolute Gasteiger partial charge is 0.435 e. The number of carbonyl (C=O) groups excluding carboxylic acids is 1. The van der Waals surface area contributed by atoms with Crippen LogP contribution in [0.2, 0.25) is 0 Å². The van der Waals surface area contributed by atoms with Crippen LogP contribution in [0.3, 0.4) is 0 Å². The monoisotopic (exact) mass is 453 g/mol. The molecule has 3 rings (SSSR count). The molecule has 0 spiro atoms. The molecule has 0 saturated heterocycles. The number of alkyl halides is 2. The predicted molar refractivity (Wildman–Crippen MR) is 115 cm³/mol. The van der Waals surface area contributed by atoms with Crippen LogP contribution in [0.4, 0.5) is 8.78 Å². The highest BCUT2D eigenvalue weighted by Crippen LogP contribution is 2.26. The zero-order valence-corrected chi connectivity index (χ0v) is 18.3. The Morgan fingerprint density at radius 1 is 1.37 bits per heavy atom. The van der Waals surface area contributed by atoms with Crippen molar-refractivity contribution < 1.29 is 18.3 Å². The van der Waals surface area contributed by atoms with Gasteiger partial charge in [-0.05, 0) is 44.0 Å². The van der Waals surface area contributed by atoms with Crippen molar-refractivity contribution in [2.24, 2.45) is 0 Å². The van der Waals surface area contributed by atoms with Gasteiger partial charge in [0, 0.05) is 11.4 Å². The van der Waals surface area contributed by atoms with Crippen LogP contribution in [0.5, 0.6) is 5.75 Å². The van der Waals surface area contributed by atoms with Crippen LogP contribution < -0.4 is 15.6 Å². The zero-order valence-electron chi connectivity index (χ0n) is 16.6. The molecule has 0 aliphatic rings. The first-order chi connectivity index (χ1) is 14.2. The topological polar surface area (TPSA) is 84.1 Å². The maximum atomic E-state index is 12.4. The molecule has 2 aromatic heterocycles. The van der Waals surface area contributed by atoms with E-state index in [1.807, 2.05) is 13.8 Å². The number of carbonyl (C=O) groups is 1. The van der Waals surface area contributed by atoms with Gasteiger partial charge in [-0.3, -0.25) is 9.59 Å². The smallest absolute Gasteiger partial charge is 0.387 e. The van der Waals surface area contributed by atoms with E-state index in [9.17, 15) is 18.4 Å². The third-order valence-electron chi connectivity index (χ3n) is 4.52. The predicted octanol–water partition coefficient (Wildman–Crippen LogP) is 4.14. The van der Waals surface area contributed by atoms with Crippen molar-refractivity contribution in [1.29, 1.82) is 0 Å². The average molecular weight is 454 g/mol. The summed E-state index contributed by atoms with van der Waals surface area (Å²) in [5.74, 6) is 0.748. The van der Waals surface area contributed by atoms with Gasteiger partial charge in [0.25, 0.3) is 5.56 Å². The van der Waals surface area contributed by atoms with E-state index in [-0.39, 0.29) is 23.8 Å². The lowest BCUT2D eigenvalue weighted by molar-refractivity contribution is -0.120. The molecule has 0 aliphatic heterocycles. The Bertz CT molecular complexity index is 1110. The van der Waals surface area contributed by atoms with E-state index in [1.165, 1.54) is 35.2 Å². The minimum absolute atomic E-state index is 0.0450. The van der Waals surface area contributed by atoms with Crippen molar-refractivity contribution in [1.82, 2.24) is 15.3 Å². The summed E-state index contributed by atoms with van der Waals surface area (Å²) < 4.78 is 29.0. The number of hydrogen-bond donors (Lipinski definition) is 2. The van der Waals surface area contributed by atoms with Crippen molar-refractivity contribution in [3.05, 3.63) is 56.4 Å². The molecule has 160 valence electrons. The number of nitrogens with zero attached hydrogens (tertiary/aromatic N) is 1. The number of hydrogen-bond acceptors (Lipinski definition) is 6. The highest BCUT2D eigenvalue weighted by Gasteiger charge is 2.16. The van der Waals surface area contributed by atoms with Gasteiger partial charge in [-0.1, -0.05) is 12.1 Å². The summed E-state index contributed by atoms with van der Waals surface area (Å²) >= 11 is 2.83. The molecule has 2 heterocycles. The second-order valence-corrected chi connectivity index (χ2v) is 9.21. The van der Waals surface area contributed by atoms with Crippen LogP contribution in [-0.2, 0) is 17.1 Å². The fourth-order valence-corrected chi connectivity index (χ4v) is 4.64. The molecule has 3 aromatic rings. The number of ether oxygens (including phenoxy) is 1. The number of thioether (sulfide) groups is 1. The minimum atomic E-state index is -2.90. The van der Waals surface area contributed by atoms with E-state index in [0.29, 0.717) is 27.4 Å². The highest BCUT2D eigenvalue weighted by molar-refractivity contribution is 7.99. The summed E-state index contributed by atoms with van der Waals surface area (Å²) in [6.07, 6.45) is 0. The number of thiophene rings is 1. The van der Waals surface area contributed by atoms with Crippen LogP contribution in [0.25, 0.3) is 10.2 Å². The van der Waals surface area contributed by atoms with E-state index >= 15 is 0 Å². The van der Waals surface area contributed by atoms with Crippen LogP contribution in [0.15, 0.2) is 29.1 Å². The molecule has 1 aromatic carbocycles. The molecule has 0 fully saturated rings. The van der Waals surface area contributed by atoms with E-state index < -0.39 is 11.9 Å². The van der Waals surface area contributed by atoms with Gasteiger partial charge in [-0.15, -0.1) is 23.1 Å². The molecule has 0 aliphatic carbocycles. The molecule has 10 heteroatoms. The number of H-pyrrole nitrogens is 1. The summed E-state index contributed by atoms with van der Waals surface area (Å²) in [7, 11) is 0. The van der Waals surface area contributed by atoms with E-state index in [1.54, 1.807) is 19.1 Å². The minimum Gasteiger partial charge on any atom is -0.435 e. The molecule has 1 amide bonds. The van der Waals surface area contributed by atoms with E-state index in [4.69, 9.17) is 0 Å². The van der Waals surface area contributed by atoms with Crippen molar-refractivity contribution in [2.45, 2.75) is 44.9 Å². The standard InChI is InChI=1S/C20H21F2N3O3S2/c1-10-11(2)30-19-16(10)18(27)24-15(25-19)9-29-12(3)17(26)23-8-13-5-4-6-14(7-13)28-20(21)22/h4-7,12,20H,8-9H2,1-3H3,(H,23,26)(H,24,25,27). The number of aromatic amines is 1. The molecule has 0 saturated carbocycles. The lowest BCUT2D eigenvalue weighted by atomic mass is 10.2. The van der Waals surface area contributed by atoms with Gasteiger partial charge in [-0.2, -0.15) is 8.78 Å². The van der Waals surface area contributed by atoms with Crippen molar-refractivity contribution in [3.63, 3.8) is 0 Å². The third kappa shape index (κ3) is 5.37. The molecule has 0 radical (unpaired) electrons. The summed E-state index contributed by atoms with van der Waals surface area (Å²) in [6.45, 7) is 2.91. The van der Waals surface area contributed by atoms with Gasteiger partial charge in [0.2, 0.25) is 5.91 Å². The summed E-state index contributed by atoms with van der Waals surface area (Å²) in [5, 5.41) is 3.00. The fraction of sp³-hybridized carbons (Fsp3) is 0.350. The van der Waals surface area contributed by atoms with Gasteiger partial charge < -0.3 is 15.0 Å². The van der Waals surface area contributed by atoms with Gasteiger partial charge in [0.05, 0.1) is 16.4 Å². The van der Waals surface area contributed by atoms with E-state index in [0.717, 1.165) is 10.4 Å². The number of nitrogens with one attached hydrogen (secondary N) is 2. The quantitative estimate of drug-likeness (QED) is 0.536. The molecule has 1 atom stereocenters. The summed E-state index contributed by atoms with van der Waals surface area (Å²) in [5.41, 5.74) is 1.43. The Morgan fingerprint density at radius 2 is 2.13 bits per heavy atom. The molecular formula is C20H21F2N3O3S2. The van der Waals surface area contributed by atoms with Gasteiger partial charge in [0.1, 0.15) is 16.4 Å². The third-order valence-corrected chi connectivity index (χ3v) is 6.77. The number of benzene rings is 1. The number of rotatable bonds is 8. The number of aromatic nitrogens is 2. The molecule has 1 unspecified atom stereocenters. The van der Waals surface area contributed by atoms with Gasteiger partial charge in [-0.25, -0.2) is 4.98 Å². The van der Waals surface area contributed by atoms with Crippen LogP contribution in [-0.4, -0.2) is 27.7 Å². The first-order valence-corrected chi connectivity index (χ1v) is 11.0. The first-order valence-electron chi connectivity index (χ1n) is 9.16. The summed E-state index contributed by atoms with van der Waals surface area (Å²) in [6, 6.07) is 6.19. The Hall–Kier alpha value is -2.46. The summed E-state index contributed by atoms with van der Waals surface area (Å²) in [4.78, 5) is 33.7. The number of amides is 1. The normalized spacial score (nSPS) is 12.3. The zero-order chi connectivity index (χ0) is 21.8. The fourth-order valence-electron chi connectivity index (χ4n) is 2.81. The van der Waals surface area contributed by atoms with Crippen molar-refractivity contribution in [3.8, 4) is 5.75 Å². The molecule has 6 nitrogen and oxygen atoms in total. The SMILES string of the molecule is Cc1sc2nc(CSC(C)C(=O)NCc3cccc(OC(F)F)c3)[nH]c(=O)c2c1C. The van der Waals surface area contributed by atoms with E-state index in [2.05, 4.69) is 20.0 Å². The van der Waals surface area contributed by atoms with Gasteiger partial charge in [0.15, 0.2) is 0 Å². The number of aryl methyl sites for hydroxylation is 2. The second-order valence-electron chi connectivity index (χ2n) is 6.67. The second kappa shape index (κ2) is 9.57. The number of halogens is 2. The van der Waals surface area contributed by atoms with Crippen LogP contribution >= 0.6 is 23.1 Å². The van der Waals surface area contributed by atoms with Crippen molar-refractivity contribution in [2.75, 3.05) is 0 Å². The molecular weight excluding hydrogens is 432 g/mol. The Kier molecular flexibility index (Phi) is 7.09. The van der Waals surface area contributed by atoms with Crippen molar-refractivity contribution >= 4 is 39.2 Å². The molecule has 0 bridgehead atoms. The lowest BCUT2D eigenvalue weighted by Gasteiger charge is -2.12. The Balaban J connectivity index is 1.56. The molecule has 2 N–H and O–H groups in total. The lowest BCUT2D eigenvalue weighted by Crippen LogP contribution is -2.30. The Labute approximate surface area is 180 Å². The maximum Gasteiger partial charge on any atom is 0.387 e. The Morgan fingerprint density at radius 3 is 2.87 bits per heavy atom. The number of fused-ring (bicyclic) bond motifs is 1. The van der Waals surface area contributed by atoms with Crippen LogP contribution in [0.1, 0.15) is 28.8 Å². The first kappa shape index (κ1) is 22.2. The maximum absolute atomic E-state index is 12.4. The van der Waals surface area contributed by atoms with Crippen LogP contribution in [0, 0.1) is 13.8 Å². The average Bonchev–Trinajstić information content (AvgIpc) is 2.98. The molecule has 30 heavy (non-hydrogen) atoms. The van der Waals surface area contributed by atoms with Gasteiger partial charge >= 0.3 is 6.61 Å².